The van der Waals surface area contributed by atoms with Crippen LogP contribution in [-0.4, -0.2) is 54.2 Å². The number of esters is 1. The van der Waals surface area contributed by atoms with Crippen molar-refractivity contribution in [2.75, 3.05) is 13.2 Å². The predicted octanol–water partition coefficient (Wildman–Crippen LogP) is 3.04. The molecule has 1 aliphatic heterocycles. The van der Waals surface area contributed by atoms with Gasteiger partial charge in [-0.2, -0.15) is 0 Å². The van der Waals surface area contributed by atoms with Crippen molar-refractivity contribution in [3.05, 3.63) is 0 Å². The number of hydrogen-bond donors (Lipinski definition) is 2. The zero-order valence-electron chi connectivity index (χ0n) is 17.6. The zero-order valence-corrected chi connectivity index (χ0v) is 17.6. The van der Waals surface area contributed by atoms with Crippen LogP contribution in [0.2, 0.25) is 0 Å². The van der Waals surface area contributed by atoms with Crippen molar-refractivity contribution in [2.24, 2.45) is 11.8 Å². The molecule has 7 heteroatoms. The molecular weight excluding hydrogens is 350 g/mol. The van der Waals surface area contributed by atoms with Crippen LogP contribution in [0.3, 0.4) is 0 Å². The Morgan fingerprint density at radius 2 is 1.89 bits per heavy atom. The average Bonchev–Trinajstić information content (AvgIpc) is 2.92. The van der Waals surface area contributed by atoms with Gasteiger partial charge in [-0.05, 0) is 45.1 Å². The summed E-state index contributed by atoms with van der Waals surface area (Å²) in [7, 11) is 0. The van der Waals surface area contributed by atoms with Gasteiger partial charge in [0.2, 0.25) is 0 Å². The second kappa shape index (κ2) is 10.9. The third kappa shape index (κ3) is 7.66. The van der Waals surface area contributed by atoms with Gasteiger partial charge in [0.1, 0.15) is 6.61 Å². The molecule has 0 aromatic carbocycles. The molecule has 0 aromatic heterocycles. The predicted molar refractivity (Wildman–Crippen MR) is 102 cm³/mol. The van der Waals surface area contributed by atoms with Crippen LogP contribution < -0.4 is 5.32 Å². The molecule has 0 bridgehead atoms. The van der Waals surface area contributed by atoms with E-state index in [9.17, 15) is 14.7 Å². The van der Waals surface area contributed by atoms with Crippen LogP contribution in [-0.2, 0) is 19.0 Å². The molecule has 158 valence electrons. The summed E-state index contributed by atoms with van der Waals surface area (Å²) in [6, 6.07) is -0.184. The molecule has 0 spiro atoms. The summed E-state index contributed by atoms with van der Waals surface area (Å²) in [6.07, 6.45) is 1.24. The van der Waals surface area contributed by atoms with Gasteiger partial charge in [0.15, 0.2) is 11.7 Å². The Bertz CT molecular complexity index is 485. The maximum Gasteiger partial charge on any atom is 0.509 e. The number of ether oxygens (including phenoxy) is 3. The second-order valence-corrected chi connectivity index (χ2v) is 8.16. The van der Waals surface area contributed by atoms with Crippen molar-refractivity contribution in [1.29, 1.82) is 0 Å². The molecule has 1 rings (SSSR count). The van der Waals surface area contributed by atoms with Gasteiger partial charge in [-0.1, -0.05) is 34.1 Å². The first-order valence-electron chi connectivity index (χ1n) is 10.1. The van der Waals surface area contributed by atoms with Crippen molar-refractivity contribution >= 4 is 12.1 Å². The molecule has 3 unspecified atom stereocenters. The lowest BCUT2D eigenvalue weighted by atomic mass is 9.93. The van der Waals surface area contributed by atoms with Crippen LogP contribution >= 0.6 is 0 Å². The highest BCUT2D eigenvalue weighted by Gasteiger charge is 2.51. The molecule has 0 saturated carbocycles. The zero-order chi connectivity index (χ0) is 20.6. The van der Waals surface area contributed by atoms with Crippen molar-refractivity contribution in [2.45, 2.75) is 91.1 Å². The van der Waals surface area contributed by atoms with E-state index in [1.165, 1.54) is 0 Å². The molecule has 1 heterocycles. The van der Waals surface area contributed by atoms with Crippen LogP contribution in [0.1, 0.15) is 67.2 Å². The number of hydrogen-bond acceptors (Lipinski definition) is 7. The Morgan fingerprint density at radius 1 is 1.26 bits per heavy atom. The van der Waals surface area contributed by atoms with Gasteiger partial charge in [0, 0.05) is 12.5 Å². The summed E-state index contributed by atoms with van der Waals surface area (Å²) in [5, 5.41) is 13.6. The van der Waals surface area contributed by atoms with Gasteiger partial charge in [-0.3, -0.25) is 4.79 Å². The van der Waals surface area contributed by atoms with Gasteiger partial charge in [0.25, 0.3) is 0 Å². The lowest BCUT2D eigenvalue weighted by molar-refractivity contribution is -0.150. The first-order chi connectivity index (χ1) is 12.6. The minimum Gasteiger partial charge on any atom is -0.461 e. The van der Waals surface area contributed by atoms with E-state index in [-0.39, 0.29) is 37.1 Å². The van der Waals surface area contributed by atoms with Crippen molar-refractivity contribution in [3.8, 4) is 0 Å². The number of cyclic esters (lactones) is 2. The largest absolute Gasteiger partial charge is 0.509 e. The monoisotopic (exact) mass is 387 g/mol. The highest BCUT2D eigenvalue weighted by molar-refractivity contribution is 5.69. The molecule has 0 radical (unpaired) electrons. The fourth-order valence-corrected chi connectivity index (χ4v) is 3.34. The highest BCUT2D eigenvalue weighted by Crippen LogP contribution is 2.30. The van der Waals surface area contributed by atoms with E-state index in [2.05, 4.69) is 26.1 Å². The van der Waals surface area contributed by atoms with Crippen LogP contribution in [0.5, 0.6) is 0 Å². The molecule has 27 heavy (non-hydrogen) atoms. The fraction of sp³-hybridized carbons (Fsp3) is 0.900. The number of carbonyl (C=O) groups is 2. The fourth-order valence-electron chi connectivity index (χ4n) is 3.34. The molecule has 1 fully saturated rings. The van der Waals surface area contributed by atoms with Gasteiger partial charge in [-0.25, -0.2) is 4.79 Å². The third-order valence-corrected chi connectivity index (χ3v) is 5.24. The van der Waals surface area contributed by atoms with E-state index in [0.29, 0.717) is 12.5 Å². The van der Waals surface area contributed by atoms with Crippen molar-refractivity contribution < 1.29 is 28.9 Å². The summed E-state index contributed by atoms with van der Waals surface area (Å²) in [6.45, 7) is 12.3. The minimum atomic E-state index is -1.02. The molecule has 0 amide bonds. The van der Waals surface area contributed by atoms with Crippen LogP contribution in [0.15, 0.2) is 0 Å². The Hall–Kier alpha value is -1.34. The Balaban J connectivity index is 2.52. The second-order valence-electron chi connectivity index (χ2n) is 8.16. The summed E-state index contributed by atoms with van der Waals surface area (Å²) < 4.78 is 15.8. The standard InChI is InChI=1S/C20H37NO6/c1-7-13(3)9-16(22)10-14(4)11-21-15(5)18-20(6,27-19(24)26-18)12-25-17(23)8-2/h13-16,18,21-22H,7-12H2,1-6H3/t13-,14+,15?,16?,18?,20+/m0/s1. The first kappa shape index (κ1) is 23.7. The number of aliphatic hydroxyl groups is 1. The number of carbonyl (C=O) groups excluding carboxylic acids is 2. The maximum absolute atomic E-state index is 11.7. The minimum absolute atomic E-state index is 0.0364. The van der Waals surface area contributed by atoms with Crippen molar-refractivity contribution in [1.82, 2.24) is 5.32 Å². The summed E-state index contributed by atoms with van der Waals surface area (Å²) in [4.78, 5) is 23.1. The van der Waals surface area contributed by atoms with E-state index in [4.69, 9.17) is 14.2 Å². The molecule has 7 nitrogen and oxygen atoms in total. The van der Waals surface area contributed by atoms with E-state index in [1.807, 2.05) is 6.92 Å². The van der Waals surface area contributed by atoms with E-state index < -0.39 is 17.9 Å². The van der Waals surface area contributed by atoms with E-state index >= 15 is 0 Å². The average molecular weight is 388 g/mol. The lowest BCUT2D eigenvalue weighted by Crippen LogP contribution is -2.52. The first-order valence-corrected chi connectivity index (χ1v) is 10.1. The van der Waals surface area contributed by atoms with Gasteiger partial charge >= 0.3 is 12.1 Å². The van der Waals surface area contributed by atoms with Gasteiger partial charge in [0.05, 0.1) is 6.10 Å². The molecular formula is C20H37NO6. The Labute approximate surface area is 163 Å². The molecule has 0 aromatic rings. The number of nitrogens with one attached hydrogen (secondary N) is 1. The third-order valence-electron chi connectivity index (χ3n) is 5.24. The van der Waals surface area contributed by atoms with Crippen molar-refractivity contribution in [3.63, 3.8) is 0 Å². The lowest BCUT2D eigenvalue weighted by Gasteiger charge is -2.31. The summed E-state index contributed by atoms with van der Waals surface area (Å²) in [5.41, 5.74) is -1.02. The summed E-state index contributed by atoms with van der Waals surface area (Å²) in [5.74, 6) is 0.442. The molecule has 0 aliphatic carbocycles. The Kier molecular flexibility index (Phi) is 9.53. The molecule has 1 saturated heterocycles. The smallest absolute Gasteiger partial charge is 0.461 e. The molecule has 6 atom stereocenters. The van der Waals surface area contributed by atoms with E-state index in [0.717, 1.165) is 19.3 Å². The van der Waals surface area contributed by atoms with Gasteiger partial charge < -0.3 is 24.6 Å². The summed E-state index contributed by atoms with van der Waals surface area (Å²) >= 11 is 0. The Morgan fingerprint density at radius 3 is 2.48 bits per heavy atom. The SMILES string of the molecule is CCC(=O)OC[C@@]1(C)OC(=O)OC1C(C)NC[C@H](C)CC(O)C[C@@H](C)CC. The van der Waals surface area contributed by atoms with Crippen LogP contribution in [0, 0.1) is 11.8 Å². The maximum atomic E-state index is 11.7. The number of aliphatic hydroxyl groups excluding tert-OH is 1. The highest BCUT2D eigenvalue weighted by atomic mass is 16.8. The van der Waals surface area contributed by atoms with Crippen LogP contribution in [0.4, 0.5) is 4.79 Å². The van der Waals surface area contributed by atoms with Crippen LogP contribution in [0.25, 0.3) is 0 Å². The quantitative estimate of drug-likeness (QED) is 0.497. The van der Waals surface area contributed by atoms with E-state index in [1.54, 1.807) is 13.8 Å². The molecule has 1 aliphatic rings. The normalized spacial score (nSPS) is 26.6. The van der Waals surface area contributed by atoms with Gasteiger partial charge in [-0.15, -0.1) is 0 Å². The topological polar surface area (TPSA) is 94.1 Å². The molecule has 2 N–H and O–H groups in total. The number of rotatable bonds is 12.